The summed E-state index contributed by atoms with van der Waals surface area (Å²) in [4.78, 5) is 11.6. The fraction of sp³-hybridized carbons (Fsp3) is 0.917. The van der Waals surface area contributed by atoms with Gasteiger partial charge in [0.05, 0.1) is 6.04 Å². The Kier molecular flexibility index (Phi) is 9.24. The molecule has 0 aliphatic heterocycles. The van der Waals surface area contributed by atoms with E-state index in [1.807, 2.05) is 6.92 Å². The number of hydrogen-bond acceptors (Lipinski definition) is 3. The number of nitrogens with one attached hydrogen (secondary N) is 2. The highest BCUT2D eigenvalue weighted by molar-refractivity contribution is 5.81. The van der Waals surface area contributed by atoms with Crippen molar-refractivity contribution in [1.82, 2.24) is 10.6 Å². The zero-order valence-corrected chi connectivity index (χ0v) is 11.0. The summed E-state index contributed by atoms with van der Waals surface area (Å²) in [6.45, 7) is 8.50. The van der Waals surface area contributed by atoms with E-state index in [4.69, 9.17) is 4.74 Å². The molecule has 0 saturated heterocycles. The first-order valence-corrected chi connectivity index (χ1v) is 6.08. The van der Waals surface area contributed by atoms with Gasteiger partial charge in [0.15, 0.2) is 0 Å². The maximum Gasteiger partial charge on any atom is 0.236 e. The van der Waals surface area contributed by atoms with Crippen molar-refractivity contribution in [3.63, 3.8) is 0 Å². The maximum atomic E-state index is 11.6. The number of carbonyl (C=O) groups is 1. The van der Waals surface area contributed by atoms with Gasteiger partial charge in [-0.15, -0.1) is 0 Å². The molecule has 0 spiro atoms. The van der Waals surface area contributed by atoms with Gasteiger partial charge in [-0.05, 0) is 32.2 Å². The van der Waals surface area contributed by atoms with Crippen molar-refractivity contribution in [2.24, 2.45) is 5.92 Å². The van der Waals surface area contributed by atoms with E-state index in [9.17, 15) is 4.79 Å². The molecule has 0 aliphatic rings. The molecule has 0 bridgehead atoms. The summed E-state index contributed by atoms with van der Waals surface area (Å²) < 4.78 is 4.93. The smallest absolute Gasteiger partial charge is 0.236 e. The average Bonchev–Trinajstić information content (AvgIpc) is 2.23. The number of ether oxygens (including phenoxy) is 1. The Morgan fingerprint density at radius 3 is 2.50 bits per heavy atom. The maximum absolute atomic E-state index is 11.6. The van der Waals surface area contributed by atoms with Crippen molar-refractivity contribution in [3.05, 3.63) is 0 Å². The predicted octanol–water partition coefficient (Wildman–Crippen LogP) is 1.16. The van der Waals surface area contributed by atoms with Gasteiger partial charge >= 0.3 is 0 Å². The molecular weight excluding hydrogens is 204 g/mol. The second kappa shape index (κ2) is 9.60. The molecule has 1 atom stereocenters. The van der Waals surface area contributed by atoms with Gasteiger partial charge in [-0.3, -0.25) is 4.79 Å². The van der Waals surface area contributed by atoms with Crippen molar-refractivity contribution in [3.8, 4) is 0 Å². The van der Waals surface area contributed by atoms with Crippen LogP contribution in [0.25, 0.3) is 0 Å². The van der Waals surface area contributed by atoms with Crippen molar-refractivity contribution in [2.75, 3.05) is 26.8 Å². The van der Waals surface area contributed by atoms with Gasteiger partial charge in [0.25, 0.3) is 0 Å². The van der Waals surface area contributed by atoms with E-state index in [0.29, 0.717) is 5.92 Å². The summed E-state index contributed by atoms with van der Waals surface area (Å²) in [5.41, 5.74) is 0. The third kappa shape index (κ3) is 8.68. The lowest BCUT2D eigenvalue weighted by atomic mass is 10.1. The third-order valence-electron chi connectivity index (χ3n) is 2.39. The lowest BCUT2D eigenvalue weighted by Gasteiger charge is -2.14. The normalized spacial score (nSPS) is 12.8. The predicted molar refractivity (Wildman–Crippen MR) is 66.4 cm³/mol. The standard InChI is InChI=1S/C12H26N2O2/c1-10(2)6-8-14-12(15)11(3)13-7-5-9-16-4/h10-11,13H,5-9H2,1-4H3,(H,14,15). The molecule has 96 valence electrons. The number of hydrogen-bond donors (Lipinski definition) is 2. The van der Waals surface area contributed by atoms with E-state index in [0.717, 1.165) is 32.5 Å². The number of amides is 1. The topological polar surface area (TPSA) is 50.4 Å². The number of carbonyl (C=O) groups excluding carboxylic acids is 1. The summed E-state index contributed by atoms with van der Waals surface area (Å²) in [7, 11) is 1.68. The first kappa shape index (κ1) is 15.4. The molecule has 4 heteroatoms. The van der Waals surface area contributed by atoms with Gasteiger partial charge in [-0.25, -0.2) is 0 Å². The summed E-state index contributed by atoms with van der Waals surface area (Å²) in [6.07, 6.45) is 1.96. The molecule has 16 heavy (non-hydrogen) atoms. The first-order valence-electron chi connectivity index (χ1n) is 6.08. The largest absolute Gasteiger partial charge is 0.385 e. The molecule has 0 aromatic carbocycles. The fourth-order valence-electron chi connectivity index (χ4n) is 1.26. The van der Waals surface area contributed by atoms with Gasteiger partial charge in [0.2, 0.25) is 5.91 Å². The Morgan fingerprint density at radius 1 is 1.25 bits per heavy atom. The zero-order valence-electron chi connectivity index (χ0n) is 11.0. The second-order valence-corrected chi connectivity index (χ2v) is 4.50. The van der Waals surface area contributed by atoms with Crippen LogP contribution in [0.2, 0.25) is 0 Å². The summed E-state index contributed by atoms with van der Waals surface area (Å²) in [5, 5.41) is 6.09. The SMILES string of the molecule is COCCCNC(C)C(=O)NCCC(C)C. The minimum atomic E-state index is -0.121. The van der Waals surface area contributed by atoms with Crippen LogP contribution in [0.1, 0.15) is 33.6 Å². The van der Waals surface area contributed by atoms with E-state index < -0.39 is 0 Å². The molecule has 0 aliphatic carbocycles. The van der Waals surface area contributed by atoms with Crippen LogP contribution in [0.5, 0.6) is 0 Å². The monoisotopic (exact) mass is 230 g/mol. The van der Waals surface area contributed by atoms with Crippen LogP contribution in [-0.4, -0.2) is 38.8 Å². The minimum absolute atomic E-state index is 0.0815. The molecule has 0 rings (SSSR count). The Morgan fingerprint density at radius 2 is 1.94 bits per heavy atom. The van der Waals surface area contributed by atoms with Crippen LogP contribution < -0.4 is 10.6 Å². The molecule has 1 amide bonds. The average molecular weight is 230 g/mol. The van der Waals surface area contributed by atoms with Gasteiger partial charge in [-0.1, -0.05) is 13.8 Å². The van der Waals surface area contributed by atoms with Gasteiger partial charge in [0.1, 0.15) is 0 Å². The van der Waals surface area contributed by atoms with Crippen molar-refractivity contribution in [2.45, 2.75) is 39.7 Å². The summed E-state index contributed by atoms with van der Waals surface area (Å²) in [6, 6.07) is -0.121. The first-order chi connectivity index (χ1) is 7.57. The lowest BCUT2D eigenvalue weighted by molar-refractivity contribution is -0.122. The molecule has 0 aromatic heterocycles. The molecule has 4 nitrogen and oxygen atoms in total. The molecule has 2 N–H and O–H groups in total. The van der Waals surface area contributed by atoms with Crippen LogP contribution in [0.15, 0.2) is 0 Å². The summed E-state index contributed by atoms with van der Waals surface area (Å²) in [5.74, 6) is 0.711. The van der Waals surface area contributed by atoms with Crippen LogP contribution in [-0.2, 0) is 9.53 Å². The molecule has 1 unspecified atom stereocenters. The molecule has 0 radical (unpaired) electrons. The highest BCUT2D eigenvalue weighted by Gasteiger charge is 2.10. The van der Waals surface area contributed by atoms with E-state index in [1.165, 1.54) is 0 Å². The number of methoxy groups -OCH3 is 1. The van der Waals surface area contributed by atoms with Gasteiger partial charge in [0, 0.05) is 20.3 Å². The Hall–Kier alpha value is -0.610. The van der Waals surface area contributed by atoms with E-state index in [1.54, 1.807) is 7.11 Å². The Bertz CT molecular complexity index is 184. The van der Waals surface area contributed by atoms with Crippen molar-refractivity contribution in [1.29, 1.82) is 0 Å². The Balaban J connectivity index is 3.49. The highest BCUT2D eigenvalue weighted by atomic mass is 16.5. The number of rotatable bonds is 9. The Labute approximate surface area is 99.1 Å². The second-order valence-electron chi connectivity index (χ2n) is 4.50. The van der Waals surface area contributed by atoms with Crippen molar-refractivity contribution < 1.29 is 9.53 Å². The van der Waals surface area contributed by atoms with Gasteiger partial charge < -0.3 is 15.4 Å². The van der Waals surface area contributed by atoms with Crippen LogP contribution >= 0.6 is 0 Å². The zero-order chi connectivity index (χ0) is 12.4. The molecule has 0 heterocycles. The van der Waals surface area contributed by atoms with Crippen LogP contribution in [0.3, 0.4) is 0 Å². The lowest BCUT2D eigenvalue weighted by Crippen LogP contribution is -2.43. The molecule has 0 aromatic rings. The summed E-state index contributed by atoms with van der Waals surface area (Å²) >= 11 is 0. The minimum Gasteiger partial charge on any atom is -0.385 e. The highest BCUT2D eigenvalue weighted by Crippen LogP contribution is 1.96. The van der Waals surface area contributed by atoms with Crippen LogP contribution in [0, 0.1) is 5.92 Å². The molecule has 0 saturated carbocycles. The van der Waals surface area contributed by atoms with Crippen LogP contribution in [0.4, 0.5) is 0 Å². The molecule has 0 fully saturated rings. The van der Waals surface area contributed by atoms with Crippen molar-refractivity contribution >= 4 is 5.91 Å². The fourth-order valence-corrected chi connectivity index (χ4v) is 1.26. The quantitative estimate of drug-likeness (QED) is 0.584. The molecular formula is C12H26N2O2. The third-order valence-corrected chi connectivity index (χ3v) is 2.39. The van der Waals surface area contributed by atoms with Gasteiger partial charge in [-0.2, -0.15) is 0 Å². The van der Waals surface area contributed by atoms with E-state index >= 15 is 0 Å². The van der Waals surface area contributed by atoms with E-state index in [2.05, 4.69) is 24.5 Å². The van der Waals surface area contributed by atoms with E-state index in [-0.39, 0.29) is 11.9 Å².